The Kier molecular flexibility index (Phi) is 10.5. The first-order valence-electron chi connectivity index (χ1n) is 11.2. The number of nitrogens with zero attached hydrogens (tertiary/aromatic N) is 1. The summed E-state index contributed by atoms with van der Waals surface area (Å²) in [6, 6.07) is 2.73. The standard InChI is InChI=1S/C24H38N4O6/c1-14(2)26-21(31)20(17-9-8-15(3)12-16(17)4)28(10-11-29)22(32)18(13-19(25)30)27-23(33)34-24(5,6)7/h8-9,12,14,18,20,29H,10-11,13H2,1-7H3,(H2,25,30)(H,26,31)(H,27,33). The summed E-state index contributed by atoms with van der Waals surface area (Å²) in [5.74, 6) is -2.03. The first-order chi connectivity index (χ1) is 15.7. The van der Waals surface area contributed by atoms with E-state index < -0.39 is 54.5 Å². The van der Waals surface area contributed by atoms with Crippen LogP contribution in [0.4, 0.5) is 4.79 Å². The highest BCUT2D eigenvalue weighted by atomic mass is 16.6. The minimum atomic E-state index is -1.39. The van der Waals surface area contributed by atoms with Crippen molar-refractivity contribution < 1.29 is 29.0 Å². The Morgan fingerprint density at radius 2 is 1.74 bits per heavy atom. The lowest BCUT2D eigenvalue weighted by atomic mass is 9.96. The molecule has 0 bridgehead atoms. The molecular formula is C24H38N4O6. The van der Waals surface area contributed by atoms with Crippen LogP contribution in [0.5, 0.6) is 0 Å². The number of rotatable bonds is 10. The van der Waals surface area contributed by atoms with Gasteiger partial charge in [-0.05, 0) is 59.6 Å². The van der Waals surface area contributed by atoms with Crippen LogP contribution in [0.15, 0.2) is 18.2 Å². The van der Waals surface area contributed by atoms with Crippen LogP contribution in [0, 0.1) is 13.8 Å². The lowest BCUT2D eigenvalue weighted by Gasteiger charge is -2.35. The summed E-state index contributed by atoms with van der Waals surface area (Å²) in [7, 11) is 0. The van der Waals surface area contributed by atoms with Crippen LogP contribution < -0.4 is 16.4 Å². The normalized spacial score (nSPS) is 13.1. The van der Waals surface area contributed by atoms with Crippen LogP contribution in [-0.2, 0) is 19.1 Å². The number of benzene rings is 1. The summed E-state index contributed by atoms with van der Waals surface area (Å²) in [5.41, 5.74) is 6.79. The van der Waals surface area contributed by atoms with E-state index >= 15 is 0 Å². The Hall–Kier alpha value is -3.14. The average molecular weight is 479 g/mol. The highest BCUT2D eigenvalue weighted by Gasteiger charge is 2.37. The van der Waals surface area contributed by atoms with Gasteiger partial charge in [-0.25, -0.2) is 4.79 Å². The van der Waals surface area contributed by atoms with Gasteiger partial charge in [0.25, 0.3) is 0 Å². The Balaban J connectivity index is 3.49. The zero-order valence-corrected chi connectivity index (χ0v) is 21.1. The van der Waals surface area contributed by atoms with E-state index in [9.17, 15) is 24.3 Å². The Bertz CT molecular complexity index is 894. The fourth-order valence-electron chi connectivity index (χ4n) is 3.47. The van der Waals surface area contributed by atoms with E-state index in [1.165, 1.54) is 0 Å². The second-order valence-corrected chi connectivity index (χ2v) is 9.55. The lowest BCUT2D eigenvalue weighted by molar-refractivity contribution is -0.144. The minimum absolute atomic E-state index is 0.215. The van der Waals surface area contributed by atoms with Gasteiger partial charge in [0.2, 0.25) is 17.7 Å². The van der Waals surface area contributed by atoms with Crippen molar-refractivity contribution in [3.05, 3.63) is 34.9 Å². The molecule has 0 spiro atoms. The summed E-state index contributed by atoms with van der Waals surface area (Å²) in [4.78, 5) is 52.1. The van der Waals surface area contributed by atoms with E-state index in [1.54, 1.807) is 40.7 Å². The van der Waals surface area contributed by atoms with Crippen molar-refractivity contribution in [2.45, 2.75) is 78.6 Å². The van der Waals surface area contributed by atoms with Crippen molar-refractivity contribution in [1.82, 2.24) is 15.5 Å². The zero-order valence-electron chi connectivity index (χ0n) is 21.1. The monoisotopic (exact) mass is 478 g/mol. The van der Waals surface area contributed by atoms with E-state index in [0.29, 0.717) is 5.56 Å². The smallest absolute Gasteiger partial charge is 0.408 e. The highest BCUT2D eigenvalue weighted by Crippen LogP contribution is 2.26. The van der Waals surface area contributed by atoms with Gasteiger partial charge in [-0.2, -0.15) is 0 Å². The number of aliphatic hydroxyl groups excluding tert-OH is 1. The van der Waals surface area contributed by atoms with Crippen molar-refractivity contribution in [1.29, 1.82) is 0 Å². The van der Waals surface area contributed by atoms with Gasteiger partial charge < -0.3 is 31.1 Å². The summed E-state index contributed by atoms with van der Waals surface area (Å²) in [6.07, 6.45) is -1.42. The van der Waals surface area contributed by atoms with Crippen molar-refractivity contribution in [2.24, 2.45) is 5.73 Å². The molecule has 0 aliphatic carbocycles. The molecule has 10 heteroatoms. The second kappa shape index (κ2) is 12.4. The average Bonchev–Trinajstić information content (AvgIpc) is 2.65. The third kappa shape index (κ3) is 9.01. The van der Waals surface area contributed by atoms with E-state index in [2.05, 4.69) is 10.6 Å². The lowest BCUT2D eigenvalue weighted by Crippen LogP contribution is -2.55. The SMILES string of the molecule is Cc1ccc(C(C(=O)NC(C)C)N(CCO)C(=O)C(CC(N)=O)NC(=O)OC(C)(C)C)c(C)c1. The first-order valence-corrected chi connectivity index (χ1v) is 11.2. The van der Waals surface area contributed by atoms with Crippen LogP contribution in [-0.4, -0.2) is 64.7 Å². The molecule has 0 aromatic heterocycles. The second-order valence-electron chi connectivity index (χ2n) is 9.55. The number of ether oxygens (including phenoxy) is 1. The molecule has 190 valence electrons. The van der Waals surface area contributed by atoms with Gasteiger partial charge in [-0.15, -0.1) is 0 Å². The summed E-state index contributed by atoms with van der Waals surface area (Å²) < 4.78 is 5.22. The number of carbonyl (C=O) groups excluding carboxylic acids is 4. The first kappa shape index (κ1) is 28.9. The molecule has 1 aromatic rings. The van der Waals surface area contributed by atoms with Crippen LogP contribution in [0.3, 0.4) is 0 Å². The fraction of sp³-hybridized carbons (Fsp3) is 0.583. The van der Waals surface area contributed by atoms with Crippen LogP contribution >= 0.6 is 0 Å². The molecule has 1 rings (SSSR count). The quantitative estimate of drug-likeness (QED) is 0.400. The predicted octanol–water partition coefficient (Wildman–Crippen LogP) is 1.46. The van der Waals surface area contributed by atoms with Crippen LogP contribution in [0.25, 0.3) is 0 Å². The zero-order chi connectivity index (χ0) is 26.2. The van der Waals surface area contributed by atoms with Gasteiger partial charge in [-0.1, -0.05) is 23.8 Å². The predicted molar refractivity (Wildman–Crippen MR) is 128 cm³/mol. The molecule has 4 amide bonds. The van der Waals surface area contributed by atoms with E-state index in [0.717, 1.165) is 16.0 Å². The number of hydrogen-bond acceptors (Lipinski definition) is 6. The third-order valence-electron chi connectivity index (χ3n) is 4.73. The largest absolute Gasteiger partial charge is 0.444 e. The molecule has 0 aliphatic rings. The Morgan fingerprint density at radius 1 is 1.12 bits per heavy atom. The topological polar surface area (TPSA) is 151 Å². The molecule has 0 aliphatic heterocycles. The maximum Gasteiger partial charge on any atom is 0.408 e. The van der Waals surface area contributed by atoms with Gasteiger partial charge in [0.1, 0.15) is 17.7 Å². The van der Waals surface area contributed by atoms with Crippen LogP contribution in [0.1, 0.15) is 63.8 Å². The molecule has 0 radical (unpaired) electrons. The number of nitrogens with two attached hydrogens (primary N) is 1. The van der Waals surface area contributed by atoms with Gasteiger partial charge in [-0.3, -0.25) is 14.4 Å². The maximum absolute atomic E-state index is 13.6. The molecule has 0 fully saturated rings. The van der Waals surface area contributed by atoms with Gasteiger partial charge in [0.15, 0.2) is 0 Å². The molecule has 5 N–H and O–H groups in total. The molecule has 0 saturated heterocycles. The van der Waals surface area contributed by atoms with Crippen molar-refractivity contribution in [2.75, 3.05) is 13.2 Å². The van der Waals surface area contributed by atoms with Crippen LogP contribution in [0.2, 0.25) is 0 Å². The molecule has 0 saturated carbocycles. The van der Waals surface area contributed by atoms with Gasteiger partial charge in [0.05, 0.1) is 13.0 Å². The van der Waals surface area contributed by atoms with Gasteiger partial charge in [0, 0.05) is 12.6 Å². The maximum atomic E-state index is 13.6. The highest BCUT2D eigenvalue weighted by molar-refractivity contribution is 5.94. The van der Waals surface area contributed by atoms with E-state index in [-0.39, 0.29) is 12.6 Å². The fourth-order valence-corrected chi connectivity index (χ4v) is 3.47. The summed E-state index contributed by atoms with van der Waals surface area (Å²) in [6.45, 7) is 11.6. The number of amides is 4. The number of nitrogens with one attached hydrogen (secondary N) is 2. The number of alkyl carbamates (subject to hydrolysis) is 1. The molecule has 34 heavy (non-hydrogen) atoms. The number of primary amides is 1. The molecule has 0 heterocycles. The molecule has 2 unspecified atom stereocenters. The number of aryl methyl sites for hydroxylation is 2. The third-order valence-corrected chi connectivity index (χ3v) is 4.73. The Labute approximate surface area is 201 Å². The molecular weight excluding hydrogens is 440 g/mol. The number of carbonyl (C=O) groups is 4. The Morgan fingerprint density at radius 3 is 2.21 bits per heavy atom. The molecule has 1 aromatic carbocycles. The number of hydrogen-bond donors (Lipinski definition) is 4. The van der Waals surface area contributed by atoms with E-state index in [4.69, 9.17) is 10.5 Å². The summed E-state index contributed by atoms with van der Waals surface area (Å²) >= 11 is 0. The molecule has 2 atom stereocenters. The van der Waals surface area contributed by atoms with E-state index in [1.807, 2.05) is 26.0 Å². The van der Waals surface area contributed by atoms with Gasteiger partial charge >= 0.3 is 6.09 Å². The number of aliphatic hydroxyl groups is 1. The van der Waals surface area contributed by atoms with Crippen molar-refractivity contribution in [3.8, 4) is 0 Å². The minimum Gasteiger partial charge on any atom is -0.444 e. The van der Waals surface area contributed by atoms with Crippen molar-refractivity contribution >= 4 is 23.8 Å². The molecule has 10 nitrogen and oxygen atoms in total. The summed E-state index contributed by atoms with van der Waals surface area (Å²) in [5, 5.41) is 14.9. The van der Waals surface area contributed by atoms with Crippen molar-refractivity contribution in [3.63, 3.8) is 0 Å².